The van der Waals surface area contributed by atoms with Crippen molar-refractivity contribution < 1.29 is 14.3 Å². The van der Waals surface area contributed by atoms with Crippen molar-refractivity contribution in [2.45, 2.75) is 6.92 Å². The monoisotopic (exact) mass is 268 g/mol. The van der Waals surface area contributed by atoms with Crippen molar-refractivity contribution in [2.75, 3.05) is 0 Å². The van der Waals surface area contributed by atoms with Crippen molar-refractivity contribution in [3.63, 3.8) is 0 Å². The first-order valence-corrected chi connectivity index (χ1v) is 6.08. The second kappa shape index (κ2) is 4.70. The van der Waals surface area contributed by atoms with Crippen LogP contribution in [-0.2, 0) is 0 Å². The van der Waals surface area contributed by atoms with Crippen LogP contribution in [-0.4, -0.2) is 20.9 Å². The molecule has 5 nitrogen and oxygen atoms in total. The third-order valence-electron chi connectivity index (χ3n) is 3.10. The minimum absolute atomic E-state index is 0.148. The number of hydrogen-bond acceptors (Lipinski definition) is 3. The molecule has 0 bridgehead atoms. The Hall–Kier alpha value is -2.82. The van der Waals surface area contributed by atoms with Crippen molar-refractivity contribution in [1.82, 2.24) is 9.78 Å². The van der Waals surface area contributed by atoms with E-state index in [-0.39, 0.29) is 5.56 Å². The molecule has 0 saturated carbocycles. The number of aromatic carboxylic acids is 1. The van der Waals surface area contributed by atoms with Gasteiger partial charge in [0.2, 0.25) is 0 Å². The number of nitrogens with zero attached hydrogens (tertiary/aromatic N) is 2. The van der Waals surface area contributed by atoms with Crippen LogP contribution in [0.2, 0.25) is 0 Å². The highest BCUT2D eigenvalue weighted by Gasteiger charge is 2.18. The maximum absolute atomic E-state index is 11.4. The lowest BCUT2D eigenvalue weighted by Crippen LogP contribution is -1.97. The normalized spacial score (nSPS) is 10.7. The van der Waals surface area contributed by atoms with Crippen molar-refractivity contribution in [3.8, 4) is 16.9 Å². The topological polar surface area (TPSA) is 68.3 Å². The van der Waals surface area contributed by atoms with E-state index >= 15 is 0 Å². The molecule has 0 amide bonds. The van der Waals surface area contributed by atoms with Gasteiger partial charge in [-0.3, -0.25) is 0 Å². The lowest BCUT2D eigenvalue weighted by molar-refractivity contribution is 0.0697. The summed E-state index contributed by atoms with van der Waals surface area (Å²) in [6, 6.07) is 9.36. The van der Waals surface area contributed by atoms with E-state index in [0.29, 0.717) is 11.3 Å². The molecule has 0 aliphatic heterocycles. The second-order valence-corrected chi connectivity index (χ2v) is 4.44. The summed E-state index contributed by atoms with van der Waals surface area (Å²) in [5, 5.41) is 13.7. The number of hydrogen-bond donors (Lipinski definition) is 1. The maximum Gasteiger partial charge on any atom is 0.339 e. The fourth-order valence-electron chi connectivity index (χ4n) is 2.09. The predicted octanol–water partition coefficient (Wildman–Crippen LogP) is 3.14. The quantitative estimate of drug-likeness (QED) is 0.792. The van der Waals surface area contributed by atoms with Crippen LogP contribution in [0.3, 0.4) is 0 Å². The van der Waals surface area contributed by atoms with Crippen LogP contribution >= 0.6 is 0 Å². The SMILES string of the molecule is Cc1ccccc1-n1cc(C(=O)O)c(-c2ccoc2)n1. The average Bonchev–Trinajstić information content (AvgIpc) is 3.08. The molecule has 3 aromatic rings. The first-order chi connectivity index (χ1) is 9.66. The first kappa shape index (κ1) is 12.2. The van der Waals surface area contributed by atoms with Crippen molar-refractivity contribution in [3.05, 3.63) is 60.2 Å². The highest BCUT2D eigenvalue weighted by atomic mass is 16.4. The van der Waals surface area contributed by atoms with Gasteiger partial charge in [-0.25, -0.2) is 9.48 Å². The summed E-state index contributed by atoms with van der Waals surface area (Å²) >= 11 is 0. The molecule has 0 atom stereocenters. The average molecular weight is 268 g/mol. The molecule has 2 heterocycles. The number of aryl methyl sites for hydroxylation is 1. The molecule has 0 aliphatic carbocycles. The standard InChI is InChI=1S/C15H12N2O3/c1-10-4-2-3-5-13(10)17-8-12(15(18)19)14(16-17)11-6-7-20-9-11/h2-9H,1H3,(H,18,19). The summed E-state index contributed by atoms with van der Waals surface area (Å²) in [6.45, 7) is 1.95. The number of rotatable bonds is 3. The largest absolute Gasteiger partial charge is 0.478 e. The fourth-order valence-corrected chi connectivity index (χ4v) is 2.09. The van der Waals surface area contributed by atoms with Crippen molar-refractivity contribution in [2.24, 2.45) is 0 Å². The van der Waals surface area contributed by atoms with Crippen molar-refractivity contribution >= 4 is 5.97 Å². The van der Waals surface area contributed by atoms with Crippen LogP contribution in [0.15, 0.2) is 53.5 Å². The number of furan rings is 1. The van der Waals surface area contributed by atoms with Crippen LogP contribution < -0.4 is 0 Å². The molecule has 0 unspecified atom stereocenters. The molecule has 0 saturated heterocycles. The molecule has 2 aromatic heterocycles. The van der Waals surface area contributed by atoms with E-state index in [2.05, 4.69) is 5.10 Å². The summed E-state index contributed by atoms with van der Waals surface area (Å²) in [5.41, 5.74) is 3.06. The Morgan fingerprint density at radius 1 is 1.30 bits per heavy atom. The van der Waals surface area contributed by atoms with Gasteiger partial charge in [0.1, 0.15) is 11.3 Å². The molecule has 20 heavy (non-hydrogen) atoms. The molecule has 0 fully saturated rings. The van der Waals surface area contributed by atoms with Crippen LogP contribution in [0.1, 0.15) is 15.9 Å². The van der Waals surface area contributed by atoms with Crippen molar-refractivity contribution in [1.29, 1.82) is 0 Å². The lowest BCUT2D eigenvalue weighted by Gasteiger charge is -2.04. The van der Waals surface area contributed by atoms with E-state index in [1.807, 2.05) is 31.2 Å². The number of carboxylic acids is 1. The summed E-state index contributed by atoms with van der Waals surface area (Å²) in [5.74, 6) is -1.01. The number of benzene rings is 1. The third kappa shape index (κ3) is 1.99. The molecule has 100 valence electrons. The van der Waals surface area contributed by atoms with Gasteiger partial charge in [-0.1, -0.05) is 18.2 Å². The lowest BCUT2D eigenvalue weighted by atomic mass is 10.1. The maximum atomic E-state index is 11.4. The van der Waals surface area contributed by atoms with Gasteiger partial charge in [-0.2, -0.15) is 5.10 Å². The molecule has 0 spiro atoms. The Kier molecular flexibility index (Phi) is 2.87. The highest BCUT2D eigenvalue weighted by Crippen LogP contribution is 2.24. The van der Waals surface area contributed by atoms with E-state index in [1.54, 1.807) is 10.7 Å². The predicted molar refractivity (Wildman–Crippen MR) is 73.0 cm³/mol. The number of aromatic nitrogens is 2. The Balaban J connectivity index is 2.18. The van der Waals surface area contributed by atoms with Gasteiger partial charge in [0.15, 0.2) is 0 Å². The van der Waals surface area contributed by atoms with Crippen LogP contribution in [0.4, 0.5) is 0 Å². The summed E-state index contributed by atoms with van der Waals surface area (Å²) in [6.07, 6.45) is 4.50. The Bertz CT molecular complexity index is 757. The first-order valence-electron chi connectivity index (χ1n) is 6.08. The Morgan fingerprint density at radius 2 is 2.10 bits per heavy atom. The molecular weight excluding hydrogens is 256 g/mol. The van der Waals surface area contributed by atoms with Gasteiger partial charge in [0.05, 0.1) is 18.2 Å². The summed E-state index contributed by atoms with van der Waals surface area (Å²) in [7, 11) is 0. The smallest absolute Gasteiger partial charge is 0.339 e. The Morgan fingerprint density at radius 3 is 2.75 bits per heavy atom. The van der Waals surface area contributed by atoms with E-state index in [9.17, 15) is 9.90 Å². The number of carbonyl (C=O) groups is 1. The zero-order chi connectivity index (χ0) is 14.1. The zero-order valence-electron chi connectivity index (χ0n) is 10.8. The second-order valence-electron chi connectivity index (χ2n) is 4.44. The van der Waals surface area contributed by atoms with E-state index in [0.717, 1.165) is 11.3 Å². The number of carboxylic acid groups (broad SMARTS) is 1. The summed E-state index contributed by atoms with van der Waals surface area (Å²) in [4.78, 5) is 11.4. The van der Waals surface area contributed by atoms with Gasteiger partial charge in [-0.05, 0) is 24.6 Å². The summed E-state index contributed by atoms with van der Waals surface area (Å²) < 4.78 is 6.58. The van der Waals surface area contributed by atoms with Crippen LogP contribution in [0, 0.1) is 6.92 Å². The van der Waals surface area contributed by atoms with Crippen LogP contribution in [0.5, 0.6) is 0 Å². The van der Waals surface area contributed by atoms with E-state index < -0.39 is 5.97 Å². The van der Waals surface area contributed by atoms with Gasteiger partial charge in [0.25, 0.3) is 0 Å². The molecular formula is C15H12N2O3. The number of para-hydroxylation sites is 1. The van der Waals surface area contributed by atoms with E-state index in [1.165, 1.54) is 18.7 Å². The molecule has 0 radical (unpaired) electrons. The molecule has 1 aromatic carbocycles. The zero-order valence-corrected chi connectivity index (χ0v) is 10.8. The molecule has 5 heteroatoms. The third-order valence-corrected chi connectivity index (χ3v) is 3.10. The minimum atomic E-state index is -1.01. The Labute approximate surface area is 115 Å². The molecule has 3 rings (SSSR count). The highest BCUT2D eigenvalue weighted by molar-refractivity contribution is 5.94. The van der Waals surface area contributed by atoms with Gasteiger partial charge < -0.3 is 9.52 Å². The van der Waals surface area contributed by atoms with Gasteiger partial charge in [-0.15, -0.1) is 0 Å². The minimum Gasteiger partial charge on any atom is -0.478 e. The fraction of sp³-hybridized carbons (Fsp3) is 0.0667. The molecule has 0 aliphatic rings. The molecule has 1 N–H and O–H groups in total. The van der Waals surface area contributed by atoms with Crippen LogP contribution in [0.25, 0.3) is 16.9 Å². The van der Waals surface area contributed by atoms with E-state index in [4.69, 9.17) is 4.42 Å². The van der Waals surface area contributed by atoms with Gasteiger partial charge in [0, 0.05) is 11.8 Å². The van der Waals surface area contributed by atoms with Gasteiger partial charge >= 0.3 is 5.97 Å².